The average molecular weight is 355 g/mol. The fraction of sp³-hybridized carbons (Fsp3) is 0.333. The number of amides is 2. The van der Waals surface area contributed by atoms with Crippen LogP contribution in [0.15, 0.2) is 36.7 Å². The molecule has 0 aliphatic carbocycles. The second-order valence-corrected chi connectivity index (χ2v) is 5.92. The molecule has 0 saturated carbocycles. The monoisotopic (exact) mass is 355 g/mol. The Hall–Kier alpha value is -3.16. The SMILES string of the molecule is COc1ccccc1Nc1ncc(C(=O)N2CCN(C(C)=O)CC2)cn1. The van der Waals surface area contributed by atoms with E-state index in [1.54, 1.807) is 23.8 Å². The molecule has 1 saturated heterocycles. The number of ether oxygens (including phenoxy) is 1. The zero-order valence-corrected chi connectivity index (χ0v) is 14.8. The summed E-state index contributed by atoms with van der Waals surface area (Å²) in [5.41, 5.74) is 1.17. The first-order valence-electron chi connectivity index (χ1n) is 8.35. The largest absolute Gasteiger partial charge is 0.495 e. The quantitative estimate of drug-likeness (QED) is 0.895. The molecule has 2 amide bonds. The molecule has 8 heteroatoms. The minimum absolute atomic E-state index is 0.0344. The van der Waals surface area contributed by atoms with Crippen molar-refractivity contribution in [3.8, 4) is 5.75 Å². The number of benzene rings is 1. The molecular weight excluding hydrogens is 334 g/mol. The molecule has 1 N–H and O–H groups in total. The summed E-state index contributed by atoms with van der Waals surface area (Å²) >= 11 is 0. The van der Waals surface area contributed by atoms with Crippen molar-refractivity contribution in [1.82, 2.24) is 19.8 Å². The molecule has 3 rings (SSSR count). The lowest BCUT2D eigenvalue weighted by molar-refractivity contribution is -0.130. The molecule has 1 aliphatic heterocycles. The Bertz CT molecular complexity index is 786. The highest BCUT2D eigenvalue weighted by Gasteiger charge is 2.23. The third-order valence-electron chi connectivity index (χ3n) is 4.26. The van der Waals surface area contributed by atoms with Gasteiger partial charge in [-0.25, -0.2) is 9.97 Å². The lowest BCUT2D eigenvalue weighted by Gasteiger charge is -2.34. The Morgan fingerprint density at radius 3 is 2.27 bits per heavy atom. The number of aromatic nitrogens is 2. The van der Waals surface area contributed by atoms with Crippen molar-refractivity contribution in [3.63, 3.8) is 0 Å². The molecule has 0 atom stereocenters. The number of hydrogen-bond acceptors (Lipinski definition) is 6. The minimum Gasteiger partial charge on any atom is -0.495 e. The van der Waals surface area contributed by atoms with Crippen LogP contribution in [0.25, 0.3) is 0 Å². The number of hydrogen-bond donors (Lipinski definition) is 1. The molecule has 1 aliphatic rings. The van der Waals surface area contributed by atoms with Crippen molar-refractivity contribution in [1.29, 1.82) is 0 Å². The van der Waals surface area contributed by atoms with Gasteiger partial charge >= 0.3 is 0 Å². The van der Waals surface area contributed by atoms with E-state index in [1.165, 1.54) is 12.4 Å². The first-order chi connectivity index (χ1) is 12.6. The van der Waals surface area contributed by atoms with E-state index in [2.05, 4.69) is 15.3 Å². The Morgan fingerprint density at radius 1 is 1.04 bits per heavy atom. The second-order valence-electron chi connectivity index (χ2n) is 5.92. The lowest BCUT2D eigenvalue weighted by Crippen LogP contribution is -2.50. The number of anilines is 2. The van der Waals surface area contributed by atoms with Crippen LogP contribution in [0.4, 0.5) is 11.6 Å². The van der Waals surface area contributed by atoms with Gasteiger partial charge in [-0.05, 0) is 12.1 Å². The van der Waals surface area contributed by atoms with Crippen LogP contribution in [0.2, 0.25) is 0 Å². The second kappa shape index (κ2) is 7.81. The standard InChI is InChI=1S/C18H21N5O3/c1-13(24)22-7-9-23(10-8-22)17(25)14-11-19-18(20-12-14)21-15-5-3-4-6-16(15)26-2/h3-6,11-12H,7-10H2,1-2H3,(H,19,20,21). The Labute approximate surface area is 151 Å². The summed E-state index contributed by atoms with van der Waals surface area (Å²) in [5, 5.41) is 3.07. The maximum absolute atomic E-state index is 12.5. The molecule has 0 radical (unpaired) electrons. The number of nitrogens with zero attached hydrogens (tertiary/aromatic N) is 4. The van der Waals surface area contributed by atoms with Crippen LogP contribution in [0, 0.1) is 0 Å². The molecule has 2 heterocycles. The van der Waals surface area contributed by atoms with Crippen LogP contribution in [0.3, 0.4) is 0 Å². The van der Waals surface area contributed by atoms with Crippen LogP contribution >= 0.6 is 0 Å². The number of carbonyl (C=O) groups excluding carboxylic acids is 2. The first kappa shape index (κ1) is 17.7. The van der Waals surface area contributed by atoms with Crippen LogP contribution in [0.1, 0.15) is 17.3 Å². The number of para-hydroxylation sites is 2. The summed E-state index contributed by atoms with van der Waals surface area (Å²) in [6, 6.07) is 7.44. The van der Waals surface area contributed by atoms with Crippen molar-refractivity contribution >= 4 is 23.5 Å². The van der Waals surface area contributed by atoms with Crippen LogP contribution in [-0.2, 0) is 4.79 Å². The normalized spacial score (nSPS) is 14.1. The molecule has 26 heavy (non-hydrogen) atoms. The van der Waals surface area contributed by atoms with E-state index in [4.69, 9.17) is 4.74 Å². The van der Waals surface area contributed by atoms with Crippen molar-refractivity contribution in [2.24, 2.45) is 0 Å². The lowest BCUT2D eigenvalue weighted by atomic mass is 10.2. The molecular formula is C18H21N5O3. The fourth-order valence-corrected chi connectivity index (χ4v) is 2.78. The smallest absolute Gasteiger partial charge is 0.257 e. The zero-order chi connectivity index (χ0) is 18.5. The number of rotatable bonds is 4. The van der Waals surface area contributed by atoms with Crippen LogP contribution < -0.4 is 10.1 Å². The van der Waals surface area contributed by atoms with Gasteiger partial charge in [-0.1, -0.05) is 12.1 Å². The van der Waals surface area contributed by atoms with E-state index >= 15 is 0 Å². The maximum Gasteiger partial charge on any atom is 0.257 e. The third kappa shape index (κ3) is 3.90. The number of methoxy groups -OCH3 is 1. The summed E-state index contributed by atoms with van der Waals surface area (Å²) in [6.07, 6.45) is 3.01. The van der Waals surface area contributed by atoms with Gasteiger partial charge < -0.3 is 19.9 Å². The summed E-state index contributed by atoms with van der Waals surface area (Å²) < 4.78 is 5.28. The average Bonchev–Trinajstić information content (AvgIpc) is 2.68. The Kier molecular flexibility index (Phi) is 5.31. The molecule has 0 unspecified atom stereocenters. The molecule has 136 valence electrons. The van der Waals surface area contributed by atoms with Gasteiger partial charge in [0.15, 0.2) is 0 Å². The highest BCUT2D eigenvalue weighted by Crippen LogP contribution is 2.25. The van der Waals surface area contributed by atoms with Crippen LogP contribution in [-0.4, -0.2) is 64.9 Å². The van der Waals surface area contributed by atoms with Gasteiger partial charge in [0.2, 0.25) is 11.9 Å². The van der Waals surface area contributed by atoms with Crippen molar-refractivity contribution < 1.29 is 14.3 Å². The van der Waals surface area contributed by atoms with E-state index in [0.717, 1.165) is 5.69 Å². The van der Waals surface area contributed by atoms with E-state index in [0.29, 0.717) is 43.4 Å². The van der Waals surface area contributed by atoms with E-state index in [9.17, 15) is 9.59 Å². The molecule has 0 spiro atoms. The highest BCUT2D eigenvalue weighted by atomic mass is 16.5. The molecule has 2 aromatic rings. The molecule has 1 aromatic carbocycles. The van der Waals surface area contributed by atoms with Gasteiger partial charge in [-0.3, -0.25) is 9.59 Å². The fourth-order valence-electron chi connectivity index (χ4n) is 2.78. The van der Waals surface area contributed by atoms with E-state index < -0.39 is 0 Å². The van der Waals surface area contributed by atoms with Crippen molar-refractivity contribution in [2.45, 2.75) is 6.92 Å². The van der Waals surface area contributed by atoms with Gasteiger partial charge in [-0.15, -0.1) is 0 Å². The van der Waals surface area contributed by atoms with Gasteiger partial charge in [-0.2, -0.15) is 0 Å². The number of carbonyl (C=O) groups is 2. The first-order valence-corrected chi connectivity index (χ1v) is 8.35. The predicted octanol–water partition coefficient (Wildman–Crippen LogP) is 1.53. The molecule has 8 nitrogen and oxygen atoms in total. The topological polar surface area (TPSA) is 87.7 Å². The zero-order valence-electron chi connectivity index (χ0n) is 14.8. The van der Waals surface area contributed by atoms with Crippen molar-refractivity contribution in [3.05, 3.63) is 42.2 Å². The van der Waals surface area contributed by atoms with Gasteiger partial charge in [0, 0.05) is 45.5 Å². The van der Waals surface area contributed by atoms with E-state index in [1.807, 2.05) is 24.3 Å². The van der Waals surface area contributed by atoms with Crippen LogP contribution in [0.5, 0.6) is 5.75 Å². The minimum atomic E-state index is -0.128. The summed E-state index contributed by atoms with van der Waals surface area (Å²) in [5.74, 6) is 0.969. The Balaban J connectivity index is 1.64. The Morgan fingerprint density at radius 2 is 1.65 bits per heavy atom. The molecule has 1 aromatic heterocycles. The predicted molar refractivity (Wildman–Crippen MR) is 96.5 cm³/mol. The van der Waals surface area contributed by atoms with Gasteiger partial charge in [0.05, 0.1) is 18.4 Å². The molecule has 0 bridgehead atoms. The highest BCUT2D eigenvalue weighted by molar-refractivity contribution is 5.94. The third-order valence-corrected chi connectivity index (χ3v) is 4.26. The number of piperazine rings is 1. The van der Waals surface area contributed by atoms with Gasteiger partial charge in [0.25, 0.3) is 5.91 Å². The summed E-state index contributed by atoms with van der Waals surface area (Å²) in [7, 11) is 1.59. The van der Waals surface area contributed by atoms with E-state index in [-0.39, 0.29) is 11.8 Å². The summed E-state index contributed by atoms with van der Waals surface area (Å²) in [6.45, 7) is 3.67. The van der Waals surface area contributed by atoms with Crippen molar-refractivity contribution in [2.75, 3.05) is 38.6 Å². The maximum atomic E-state index is 12.5. The summed E-state index contributed by atoms with van der Waals surface area (Å²) in [4.78, 5) is 35.8. The van der Waals surface area contributed by atoms with Gasteiger partial charge in [0.1, 0.15) is 5.75 Å². The molecule has 1 fully saturated rings. The number of nitrogens with one attached hydrogen (secondary N) is 1.